The van der Waals surface area contributed by atoms with E-state index in [9.17, 15) is 14.9 Å². The van der Waals surface area contributed by atoms with Gasteiger partial charge >= 0.3 is 0 Å². The van der Waals surface area contributed by atoms with Gasteiger partial charge in [0.2, 0.25) is 5.91 Å². The monoisotopic (exact) mass is 359 g/mol. The van der Waals surface area contributed by atoms with Gasteiger partial charge in [0.25, 0.3) is 5.69 Å². The Morgan fingerprint density at radius 3 is 2.48 bits per heavy atom. The lowest BCUT2D eigenvalue weighted by Gasteiger charge is -2.11. The molecule has 8 heteroatoms. The third kappa shape index (κ3) is 5.25. The van der Waals surface area contributed by atoms with Crippen LogP contribution in [-0.4, -0.2) is 23.1 Å². The van der Waals surface area contributed by atoms with Gasteiger partial charge in [0, 0.05) is 17.8 Å². The number of rotatable bonds is 5. The van der Waals surface area contributed by atoms with Crippen molar-refractivity contribution < 1.29 is 14.5 Å². The van der Waals surface area contributed by atoms with Crippen molar-refractivity contribution in [1.82, 2.24) is 5.32 Å². The summed E-state index contributed by atoms with van der Waals surface area (Å²) in [4.78, 5) is 22.3. The molecule has 130 valence electrons. The Balaban J connectivity index is 1.92. The van der Waals surface area contributed by atoms with Crippen LogP contribution < -0.4 is 15.4 Å². The third-order valence-corrected chi connectivity index (χ3v) is 3.65. The molecule has 1 amide bonds. The Morgan fingerprint density at radius 2 is 1.92 bits per heavy atom. The largest absolute Gasteiger partial charge is 0.497 e. The van der Waals surface area contributed by atoms with Crippen LogP contribution in [0.5, 0.6) is 5.75 Å². The van der Waals surface area contributed by atoms with Crippen LogP contribution >= 0.6 is 12.2 Å². The number of thiocarbonyl (C=S) groups is 1. The number of hydrogen-bond donors (Lipinski definition) is 2. The maximum absolute atomic E-state index is 12.0. The summed E-state index contributed by atoms with van der Waals surface area (Å²) in [6.07, 6.45) is 0.172. The SMILES string of the molecule is COc1ccc(CC(=O)NC(=S)Nc2ccc([N+](=O)[O-])cc2C)cc1. The number of ether oxygens (including phenoxy) is 1. The predicted octanol–water partition coefficient (Wildman–Crippen LogP) is 2.97. The highest BCUT2D eigenvalue weighted by Crippen LogP contribution is 2.21. The number of nitro groups is 1. The number of anilines is 1. The molecule has 0 aliphatic rings. The molecule has 0 unspecified atom stereocenters. The molecule has 25 heavy (non-hydrogen) atoms. The molecule has 0 saturated heterocycles. The van der Waals surface area contributed by atoms with Gasteiger partial charge in [0.1, 0.15) is 5.75 Å². The van der Waals surface area contributed by atoms with Crippen LogP contribution in [0.1, 0.15) is 11.1 Å². The maximum atomic E-state index is 12.0. The van der Waals surface area contributed by atoms with Crippen molar-refractivity contribution in [3.05, 3.63) is 63.7 Å². The fourth-order valence-corrected chi connectivity index (χ4v) is 2.38. The smallest absolute Gasteiger partial charge is 0.269 e. The van der Waals surface area contributed by atoms with Crippen LogP contribution in [0.4, 0.5) is 11.4 Å². The van der Waals surface area contributed by atoms with Crippen LogP contribution in [0.25, 0.3) is 0 Å². The van der Waals surface area contributed by atoms with Gasteiger partial charge in [-0.05, 0) is 48.5 Å². The molecule has 0 saturated carbocycles. The summed E-state index contributed by atoms with van der Waals surface area (Å²) in [6.45, 7) is 1.72. The first-order valence-corrected chi connectivity index (χ1v) is 7.78. The van der Waals surface area contributed by atoms with Crippen LogP contribution in [0.15, 0.2) is 42.5 Å². The third-order valence-electron chi connectivity index (χ3n) is 3.45. The minimum absolute atomic E-state index is 0.00231. The van der Waals surface area contributed by atoms with Crippen LogP contribution in [0.3, 0.4) is 0 Å². The Hall–Kier alpha value is -3.00. The van der Waals surface area contributed by atoms with E-state index in [-0.39, 0.29) is 23.1 Å². The summed E-state index contributed by atoms with van der Waals surface area (Å²) >= 11 is 5.12. The van der Waals surface area contributed by atoms with E-state index in [1.807, 2.05) is 0 Å². The average Bonchev–Trinajstić information content (AvgIpc) is 2.57. The zero-order chi connectivity index (χ0) is 18.4. The van der Waals surface area contributed by atoms with Crippen molar-refractivity contribution in [3.63, 3.8) is 0 Å². The van der Waals surface area contributed by atoms with Crippen LogP contribution in [0.2, 0.25) is 0 Å². The molecule has 0 radical (unpaired) electrons. The molecular weight excluding hydrogens is 342 g/mol. The summed E-state index contributed by atoms with van der Waals surface area (Å²) in [6, 6.07) is 11.5. The molecule has 0 fully saturated rings. The van der Waals surface area contributed by atoms with E-state index in [0.29, 0.717) is 11.3 Å². The van der Waals surface area contributed by atoms with Crippen molar-refractivity contribution in [1.29, 1.82) is 0 Å². The molecule has 0 aliphatic heterocycles. The minimum atomic E-state index is -0.467. The second kappa shape index (κ2) is 8.20. The van der Waals surface area contributed by atoms with Gasteiger partial charge in [-0.2, -0.15) is 0 Å². The van der Waals surface area contributed by atoms with Gasteiger partial charge in [-0.25, -0.2) is 0 Å². The summed E-state index contributed by atoms with van der Waals surface area (Å²) in [7, 11) is 1.58. The number of nitrogens with one attached hydrogen (secondary N) is 2. The second-order valence-corrected chi connectivity index (χ2v) is 5.69. The fraction of sp³-hybridized carbons (Fsp3) is 0.176. The molecular formula is C17H17N3O4S. The molecule has 2 rings (SSSR count). The number of amides is 1. The summed E-state index contributed by atoms with van der Waals surface area (Å²) in [5.41, 5.74) is 2.08. The number of aryl methyl sites for hydroxylation is 1. The first-order valence-electron chi connectivity index (χ1n) is 7.38. The van der Waals surface area contributed by atoms with Crippen molar-refractivity contribution in [2.24, 2.45) is 0 Å². The summed E-state index contributed by atoms with van der Waals surface area (Å²) in [5.74, 6) is 0.456. The molecule has 2 N–H and O–H groups in total. The number of carbonyl (C=O) groups is 1. The van der Waals surface area contributed by atoms with Crippen molar-refractivity contribution in [2.45, 2.75) is 13.3 Å². The lowest BCUT2D eigenvalue weighted by Crippen LogP contribution is -2.35. The van der Waals surface area contributed by atoms with E-state index in [1.54, 1.807) is 44.4 Å². The van der Waals surface area contributed by atoms with Crippen molar-refractivity contribution >= 4 is 34.6 Å². The first kappa shape index (κ1) is 18.3. The lowest BCUT2D eigenvalue weighted by atomic mass is 10.1. The number of benzene rings is 2. The quantitative estimate of drug-likeness (QED) is 0.484. The van der Waals surface area contributed by atoms with E-state index in [2.05, 4.69) is 10.6 Å². The fourth-order valence-electron chi connectivity index (χ4n) is 2.15. The lowest BCUT2D eigenvalue weighted by molar-refractivity contribution is -0.384. The van der Waals surface area contributed by atoms with E-state index in [4.69, 9.17) is 17.0 Å². The van der Waals surface area contributed by atoms with Crippen LogP contribution in [-0.2, 0) is 11.2 Å². The number of hydrogen-bond acceptors (Lipinski definition) is 5. The Kier molecular flexibility index (Phi) is 6.02. The minimum Gasteiger partial charge on any atom is -0.497 e. The number of carbonyl (C=O) groups excluding carboxylic acids is 1. The molecule has 0 aliphatic carbocycles. The molecule has 0 atom stereocenters. The highest BCUT2D eigenvalue weighted by Gasteiger charge is 2.10. The van der Waals surface area contributed by atoms with Gasteiger partial charge in [-0.3, -0.25) is 14.9 Å². The maximum Gasteiger partial charge on any atom is 0.269 e. The van der Waals surface area contributed by atoms with E-state index in [1.165, 1.54) is 12.1 Å². The zero-order valence-corrected chi connectivity index (χ0v) is 14.6. The zero-order valence-electron chi connectivity index (χ0n) is 13.7. The molecule has 0 bridgehead atoms. The summed E-state index contributed by atoms with van der Waals surface area (Å²) in [5, 5.41) is 16.3. The van der Waals surface area contributed by atoms with Gasteiger partial charge in [-0.1, -0.05) is 12.1 Å². The van der Waals surface area contributed by atoms with Gasteiger partial charge in [0.15, 0.2) is 5.11 Å². The molecule has 0 spiro atoms. The van der Waals surface area contributed by atoms with E-state index in [0.717, 1.165) is 11.3 Å². The Labute approximate surface area is 150 Å². The number of methoxy groups -OCH3 is 1. The summed E-state index contributed by atoms with van der Waals surface area (Å²) < 4.78 is 5.07. The molecule has 0 heterocycles. The first-order chi connectivity index (χ1) is 11.9. The molecule has 2 aromatic carbocycles. The molecule has 0 aromatic heterocycles. The highest BCUT2D eigenvalue weighted by atomic mass is 32.1. The topological polar surface area (TPSA) is 93.5 Å². The number of non-ortho nitro benzene ring substituents is 1. The van der Waals surface area contributed by atoms with Gasteiger partial charge in [0.05, 0.1) is 18.5 Å². The Bertz CT molecular complexity index is 806. The Morgan fingerprint density at radius 1 is 1.24 bits per heavy atom. The molecule has 2 aromatic rings. The van der Waals surface area contributed by atoms with Gasteiger partial charge in [-0.15, -0.1) is 0 Å². The molecule has 7 nitrogen and oxygen atoms in total. The number of nitro benzene ring substituents is 1. The van der Waals surface area contributed by atoms with Gasteiger partial charge < -0.3 is 15.4 Å². The van der Waals surface area contributed by atoms with Crippen molar-refractivity contribution in [3.8, 4) is 5.75 Å². The van der Waals surface area contributed by atoms with Crippen LogP contribution in [0, 0.1) is 17.0 Å². The predicted molar refractivity (Wildman–Crippen MR) is 98.9 cm³/mol. The normalized spacial score (nSPS) is 10.0. The highest BCUT2D eigenvalue weighted by molar-refractivity contribution is 7.80. The van der Waals surface area contributed by atoms with E-state index < -0.39 is 4.92 Å². The number of nitrogens with zero attached hydrogens (tertiary/aromatic N) is 1. The average molecular weight is 359 g/mol. The standard InChI is InChI=1S/C17H17N3O4S/c1-11-9-13(20(22)23)5-8-15(11)18-17(25)19-16(21)10-12-3-6-14(24-2)7-4-12/h3-9H,10H2,1-2H3,(H2,18,19,21,25). The van der Waals surface area contributed by atoms with Crippen molar-refractivity contribution in [2.75, 3.05) is 12.4 Å². The van der Waals surface area contributed by atoms with E-state index >= 15 is 0 Å². The second-order valence-electron chi connectivity index (χ2n) is 5.28.